The number of unbranched alkanes of at least 4 members (excludes halogenated alkanes) is 1. The lowest BCUT2D eigenvalue weighted by atomic mass is 10.1. The molecule has 1 atom stereocenters. The number of hydrogen-bond acceptors (Lipinski definition) is 2. The minimum Gasteiger partial charge on any atom is -0.322 e. The number of amides is 2. The maximum atomic E-state index is 12.3. The molecule has 3 N–H and O–H groups in total. The highest BCUT2D eigenvalue weighted by Crippen LogP contribution is 2.17. The van der Waals surface area contributed by atoms with Crippen molar-refractivity contribution in [2.45, 2.75) is 40.0 Å². The Bertz CT molecular complexity index is 800. The van der Waals surface area contributed by atoms with Crippen molar-refractivity contribution in [3.8, 4) is 0 Å². The summed E-state index contributed by atoms with van der Waals surface area (Å²) in [6.45, 7) is 6.65. The highest BCUT2D eigenvalue weighted by molar-refractivity contribution is 5.93. The predicted molar refractivity (Wildman–Crippen MR) is 115 cm³/mol. The Balaban J connectivity index is 1.80. The molecule has 2 amide bonds. The summed E-state index contributed by atoms with van der Waals surface area (Å²) in [5, 5.41) is 5.84. The Morgan fingerprint density at radius 2 is 1.57 bits per heavy atom. The number of benzene rings is 2. The average molecular weight is 383 g/mol. The quantitative estimate of drug-likeness (QED) is 0.624. The van der Waals surface area contributed by atoms with Gasteiger partial charge in [-0.3, -0.25) is 9.59 Å². The van der Waals surface area contributed by atoms with E-state index in [0.29, 0.717) is 0 Å². The molecule has 0 aliphatic heterocycles. The lowest BCUT2D eigenvalue weighted by molar-refractivity contribution is -0.862. The van der Waals surface area contributed by atoms with Crippen LogP contribution in [-0.4, -0.2) is 32.0 Å². The van der Waals surface area contributed by atoms with Crippen LogP contribution in [0, 0.1) is 13.8 Å². The summed E-state index contributed by atoms with van der Waals surface area (Å²) in [5.74, 6) is -0.197. The highest BCUT2D eigenvalue weighted by atomic mass is 16.2. The third-order valence-corrected chi connectivity index (χ3v) is 4.86. The number of quaternary nitrogens is 1. The molecule has 2 aromatic rings. The molecule has 0 radical (unpaired) electrons. The number of carbonyl (C=O) groups is 2. The van der Waals surface area contributed by atoms with Gasteiger partial charge in [0.05, 0.1) is 7.05 Å². The van der Waals surface area contributed by atoms with Gasteiger partial charge in [-0.1, -0.05) is 37.6 Å². The van der Waals surface area contributed by atoms with E-state index in [0.717, 1.165) is 33.8 Å². The second-order valence-electron chi connectivity index (χ2n) is 7.45. The molecule has 0 fully saturated rings. The summed E-state index contributed by atoms with van der Waals surface area (Å²) in [4.78, 5) is 25.4. The maximum absolute atomic E-state index is 12.3. The lowest BCUT2D eigenvalue weighted by Gasteiger charge is -2.15. The number of aryl methyl sites for hydroxylation is 2. The van der Waals surface area contributed by atoms with Crippen molar-refractivity contribution in [2.75, 3.05) is 30.8 Å². The van der Waals surface area contributed by atoms with Crippen molar-refractivity contribution in [2.24, 2.45) is 0 Å². The van der Waals surface area contributed by atoms with Crippen molar-refractivity contribution in [1.82, 2.24) is 0 Å². The zero-order chi connectivity index (χ0) is 20.5. The molecule has 5 nitrogen and oxygen atoms in total. The fourth-order valence-corrected chi connectivity index (χ4v) is 3.03. The molecule has 5 heteroatoms. The van der Waals surface area contributed by atoms with Gasteiger partial charge in [0.25, 0.3) is 11.8 Å². The van der Waals surface area contributed by atoms with E-state index in [1.54, 1.807) is 0 Å². The van der Waals surface area contributed by atoms with E-state index >= 15 is 0 Å². The zero-order valence-electron chi connectivity index (χ0n) is 17.4. The van der Waals surface area contributed by atoms with E-state index in [9.17, 15) is 9.59 Å². The number of nitrogens with one attached hydrogen (secondary N) is 3. The molecular formula is C23H32N3O2+. The Labute approximate surface area is 168 Å². The van der Waals surface area contributed by atoms with E-state index in [-0.39, 0.29) is 24.9 Å². The summed E-state index contributed by atoms with van der Waals surface area (Å²) >= 11 is 0. The van der Waals surface area contributed by atoms with Crippen LogP contribution in [-0.2, 0) is 16.0 Å². The molecule has 2 aromatic carbocycles. The first kappa shape index (κ1) is 21.6. The molecule has 0 bridgehead atoms. The minimum absolute atomic E-state index is 0.0979. The molecule has 0 aromatic heterocycles. The first-order valence-electron chi connectivity index (χ1n) is 9.95. The van der Waals surface area contributed by atoms with E-state index < -0.39 is 0 Å². The van der Waals surface area contributed by atoms with Crippen molar-refractivity contribution >= 4 is 23.2 Å². The lowest BCUT2D eigenvalue weighted by Crippen LogP contribution is -3.11. The molecule has 2 rings (SSSR count). The number of rotatable bonds is 9. The summed E-state index contributed by atoms with van der Waals surface area (Å²) in [6, 6.07) is 13.8. The van der Waals surface area contributed by atoms with Gasteiger partial charge in [-0.05, 0) is 61.6 Å². The first-order valence-corrected chi connectivity index (χ1v) is 9.95. The average Bonchev–Trinajstić information content (AvgIpc) is 2.64. The molecule has 150 valence electrons. The van der Waals surface area contributed by atoms with Crippen LogP contribution in [0.2, 0.25) is 0 Å². The molecular weight excluding hydrogens is 350 g/mol. The number of hydrogen-bond donors (Lipinski definition) is 3. The van der Waals surface area contributed by atoms with E-state index in [1.165, 1.54) is 18.4 Å². The Morgan fingerprint density at radius 3 is 2.21 bits per heavy atom. The van der Waals surface area contributed by atoms with Gasteiger partial charge in [0.15, 0.2) is 13.1 Å². The van der Waals surface area contributed by atoms with Crippen molar-refractivity contribution in [3.63, 3.8) is 0 Å². The fraction of sp³-hybridized carbons (Fsp3) is 0.391. The van der Waals surface area contributed by atoms with Gasteiger partial charge in [0.1, 0.15) is 0 Å². The summed E-state index contributed by atoms with van der Waals surface area (Å²) in [5.41, 5.74) is 5.10. The molecule has 0 heterocycles. The second-order valence-corrected chi connectivity index (χ2v) is 7.45. The van der Waals surface area contributed by atoms with Gasteiger partial charge in [0, 0.05) is 11.4 Å². The van der Waals surface area contributed by atoms with Gasteiger partial charge >= 0.3 is 0 Å². The predicted octanol–water partition coefficient (Wildman–Crippen LogP) is 2.74. The largest absolute Gasteiger partial charge is 0.322 e. The summed E-state index contributed by atoms with van der Waals surface area (Å²) in [7, 11) is 1.84. The molecule has 0 spiro atoms. The maximum Gasteiger partial charge on any atom is 0.279 e. The third kappa shape index (κ3) is 6.82. The topological polar surface area (TPSA) is 62.6 Å². The molecule has 0 saturated carbocycles. The van der Waals surface area contributed by atoms with Crippen molar-refractivity contribution in [3.05, 3.63) is 59.2 Å². The molecule has 0 aliphatic carbocycles. The Kier molecular flexibility index (Phi) is 8.20. The van der Waals surface area contributed by atoms with Crippen LogP contribution in [0.1, 0.15) is 36.5 Å². The van der Waals surface area contributed by atoms with Crippen molar-refractivity contribution in [1.29, 1.82) is 0 Å². The van der Waals surface area contributed by atoms with E-state index in [4.69, 9.17) is 0 Å². The van der Waals surface area contributed by atoms with E-state index in [1.807, 2.05) is 51.2 Å². The molecule has 28 heavy (non-hydrogen) atoms. The third-order valence-electron chi connectivity index (χ3n) is 4.86. The van der Waals surface area contributed by atoms with Crippen LogP contribution in [0.3, 0.4) is 0 Å². The van der Waals surface area contributed by atoms with Gasteiger partial charge in [-0.15, -0.1) is 0 Å². The van der Waals surface area contributed by atoms with Crippen LogP contribution >= 0.6 is 0 Å². The van der Waals surface area contributed by atoms with E-state index in [2.05, 4.69) is 29.7 Å². The van der Waals surface area contributed by atoms with Crippen LogP contribution in [0.5, 0.6) is 0 Å². The standard InChI is InChI=1S/C23H31N3O2/c1-5-6-9-19-11-13-20(14-12-19)24-22(27)15-26(4)16-23(28)25-21-10-7-8-17(2)18(21)3/h7-8,10-14H,5-6,9,15-16H2,1-4H3,(H,24,27)(H,25,28)/p+1. The number of anilines is 2. The first-order chi connectivity index (χ1) is 13.4. The smallest absolute Gasteiger partial charge is 0.279 e. The Hall–Kier alpha value is -2.66. The minimum atomic E-state index is -0.0988. The Morgan fingerprint density at radius 1 is 0.929 bits per heavy atom. The van der Waals surface area contributed by atoms with Gasteiger partial charge < -0.3 is 15.5 Å². The zero-order valence-corrected chi connectivity index (χ0v) is 17.4. The van der Waals surface area contributed by atoms with Gasteiger partial charge in [-0.25, -0.2) is 0 Å². The summed E-state index contributed by atoms with van der Waals surface area (Å²) < 4.78 is 0. The van der Waals surface area contributed by atoms with Crippen molar-refractivity contribution < 1.29 is 14.5 Å². The fourth-order valence-electron chi connectivity index (χ4n) is 3.03. The molecule has 1 unspecified atom stereocenters. The second kappa shape index (κ2) is 10.6. The SMILES string of the molecule is CCCCc1ccc(NC(=O)C[NH+](C)CC(=O)Nc2cccc(C)c2C)cc1. The number of likely N-dealkylation sites (N-methyl/N-ethyl adjacent to an activating group) is 1. The van der Waals surface area contributed by atoms with Gasteiger partial charge in [-0.2, -0.15) is 0 Å². The van der Waals surface area contributed by atoms with Crippen LogP contribution in [0.4, 0.5) is 11.4 Å². The normalized spacial score (nSPS) is 11.7. The van der Waals surface area contributed by atoms with Gasteiger partial charge in [0.2, 0.25) is 0 Å². The monoisotopic (exact) mass is 382 g/mol. The summed E-state index contributed by atoms with van der Waals surface area (Å²) in [6.07, 6.45) is 3.40. The number of carbonyl (C=O) groups excluding carboxylic acids is 2. The molecule has 0 saturated heterocycles. The highest BCUT2D eigenvalue weighted by Gasteiger charge is 2.15. The molecule has 0 aliphatic rings. The van der Waals surface area contributed by atoms with Crippen LogP contribution in [0.15, 0.2) is 42.5 Å². The van der Waals surface area contributed by atoms with Crippen LogP contribution in [0.25, 0.3) is 0 Å². The van der Waals surface area contributed by atoms with Crippen LogP contribution < -0.4 is 15.5 Å².